The Morgan fingerprint density at radius 1 is 1.00 bits per heavy atom. The summed E-state index contributed by atoms with van der Waals surface area (Å²) in [6.45, 7) is 1.99. The molecule has 1 aromatic heterocycles. The van der Waals surface area contributed by atoms with Crippen LogP contribution >= 0.6 is 0 Å². The van der Waals surface area contributed by atoms with E-state index in [0.717, 1.165) is 11.1 Å². The van der Waals surface area contributed by atoms with Crippen molar-refractivity contribution in [2.45, 2.75) is 6.92 Å². The summed E-state index contributed by atoms with van der Waals surface area (Å²) in [5.74, 6) is -0.799. The van der Waals surface area contributed by atoms with Crippen LogP contribution in [-0.2, 0) is 4.79 Å². The second kappa shape index (κ2) is 7.00. The van der Waals surface area contributed by atoms with Crippen LogP contribution in [-0.4, -0.2) is 16.8 Å². The van der Waals surface area contributed by atoms with Crippen molar-refractivity contribution in [3.63, 3.8) is 0 Å². The van der Waals surface area contributed by atoms with Crippen LogP contribution in [0.15, 0.2) is 54.9 Å². The molecular weight excluding hydrogens is 266 g/mol. The van der Waals surface area contributed by atoms with E-state index in [9.17, 15) is 9.59 Å². The largest absolute Gasteiger partial charge is 0.269 e. The maximum atomic E-state index is 11.7. The Balaban J connectivity index is 1.85. The van der Waals surface area contributed by atoms with Gasteiger partial charge >= 0.3 is 0 Å². The Bertz CT molecular complexity index is 649. The summed E-state index contributed by atoms with van der Waals surface area (Å²) >= 11 is 0. The molecule has 2 aromatic rings. The zero-order chi connectivity index (χ0) is 15.1. The summed E-state index contributed by atoms with van der Waals surface area (Å²) in [7, 11) is 0. The van der Waals surface area contributed by atoms with E-state index in [1.54, 1.807) is 18.2 Å². The normalized spacial score (nSPS) is 10.3. The number of hydrazine groups is 1. The number of nitrogens with zero attached hydrogens (tertiary/aromatic N) is 1. The molecule has 0 aliphatic rings. The molecule has 2 amide bonds. The third-order valence-electron chi connectivity index (χ3n) is 2.75. The topological polar surface area (TPSA) is 71.1 Å². The van der Waals surface area contributed by atoms with Gasteiger partial charge in [-0.1, -0.05) is 29.8 Å². The molecule has 0 spiro atoms. The molecule has 1 aromatic carbocycles. The van der Waals surface area contributed by atoms with Gasteiger partial charge in [0.2, 0.25) is 0 Å². The summed E-state index contributed by atoms with van der Waals surface area (Å²) in [5.41, 5.74) is 7.13. The number of rotatable bonds is 3. The second-order valence-corrected chi connectivity index (χ2v) is 4.42. The SMILES string of the molecule is Cc1ccc(/C=C/C(=O)NNC(=O)c2ccncc2)cc1. The van der Waals surface area contributed by atoms with Crippen molar-refractivity contribution in [2.75, 3.05) is 0 Å². The number of hydrogen-bond acceptors (Lipinski definition) is 3. The van der Waals surface area contributed by atoms with Gasteiger partial charge in [0.15, 0.2) is 0 Å². The van der Waals surface area contributed by atoms with E-state index in [1.807, 2.05) is 31.2 Å². The molecule has 0 unspecified atom stereocenters. The van der Waals surface area contributed by atoms with E-state index in [2.05, 4.69) is 15.8 Å². The molecule has 0 radical (unpaired) electrons. The van der Waals surface area contributed by atoms with Crippen LogP contribution in [0.1, 0.15) is 21.5 Å². The number of aryl methyl sites for hydroxylation is 1. The zero-order valence-electron chi connectivity index (χ0n) is 11.5. The van der Waals surface area contributed by atoms with Gasteiger partial charge in [0.05, 0.1) is 0 Å². The quantitative estimate of drug-likeness (QED) is 0.666. The van der Waals surface area contributed by atoms with Crippen molar-refractivity contribution in [3.05, 3.63) is 71.6 Å². The molecule has 0 fully saturated rings. The molecule has 21 heavy (non-hydrogen) atoms. The van der Waals surface area contributed by atoms with Crippen molar-refractivity contribution in [3.8, 4) is 0 Å². The smallest absolute Gasteiger partial charge is 0.268 e. The summed E-state index contributed by atoms with van der Waals surface area (Å²) < 4.78 is 0. The van der Waals surface area contributed by atoms with E-state index in [-0.39, 0.29) is 0 Å². The molecule has 0 saturated carbocycles. The van der Waals surface area contributed by atoms with Crippen LogP contribution < -0.4 is 10.9 Å². The summed E-state index contributed by atoms with van der Waals surface area (Å²) in [4.78, 5) is 27.1. The van der Waals surface area contributed by atoms with E-state index in [1.165, 1.54) is 18.5 Å². The summed E-state index contributed by atoms with van der Waals surface area (Å²) in [6, 6.07) is 10.9. The Kier molecular flexibility index (Phi) is 4.82. The molecule has 2 rings (SSSR count). The Morgan fingerprint density at radius 2 is 1.67 bits per heavy atom. The lowest BCUT2D eigenvalue weighted by atomic mass is 10.1. The van der Waals surface area contributed by atoms with Gasteiger partial charge in [-0.15, -0.1) is 0 Å². The number of aromatic nitrogens is 1. The highest BCUT2D eigenvalue weighted by molar-refractivity contribution is 5.97. The van der Waals surface area contributed by atoms with Gasteiger partial charge in [-0.3, -0.25) is 25.4 Å². The number of amides is 2. The van der Waals surface area contributed by atoms with Gasteiger partial charge in [-0.25, -0.2) is 0 Å². The first-order valence-corrected chi connectivity index (χ1v) is 6.40. The Morgan fingerprint density at radius 3 is 2.33 bits per heavy atom. The highest BCUT2D eigenvalue weighted by Crippen LogP contribution is 2.04. The molecule has 0 aliphatic carbocycles. The van der Waals surface area contributed by atoms with Gasteiger partial charge in [-0.2, -0.15) is 0 Å². The summed E-state index contributed by atoms with van der Waals surface area (Å²) in [6.07, 6.45) is 6.05. The minimum atomic E-state index is -0.405. The third kappa shape index (κ3) is 4.58. The third-order valence-corrected chi connectivity index (χ3v) is 2.75. The van der Waals surface area contributed by atoms with Crippen LogP contribution in [0.3, 0.4) is 0 Å². The first-order chi connectivity index (χ1) is 10.1. The molecule has 1 heterocycles. The van der Waals surface area contributed by atoms with E-state index in [0.29, 0.717) is 5.56 Å². The number of carbonyl (C=O) groups is 2. The fourth-order valence-corrected chi connectivity index (χ4v) is 1.58. The van der Waals surface area contributed by atoms with E-state index >= 15 is 0 Å². The van der Waals surface area contributed by atoms with Crippen molar-refractivity contribution in [1.29, 1.82) is 0 Å². The molecule has 0 atom stereocenters. The van der Waals surface area contributed by atoms with Gasteiger partial charge < -0.3 is 0 Å². The lowest BCUT2D eigenvalue weighted by Gasteiger charge is -2.04. The molecule has 0 saturated heterocycles. The maximum absolute atomic E-state index is 11.7. The first kappa shape index (κ1) is 14.5. The molecule has 0 aliphatic heterocycles. The molecule has 5 nitrogen and oxygen atoms in total. The van der Waals surface area contributed by atoms with Crippen LogP contribution in [0, 0.1) is 6.92 Å². The number of hydrogen-bond donors (Lipinski definition) is 2. The van der Waals surface area contributed by atoms with Crippen molar-refractivity contribution in [1.82, 2.24) is 15.8 Å². The first-order valence-electron chi connectivity index (χ1n) is 6.40. The van der Waals surface area contributed by atoms with Crippen molar-refractivity contribution >= 4 is 17.9 Å². The predicted molar refractivity (Wildman–Crippen MR) is 80.1 cm³/mol. The van der Waals surface area contributed by atoms with Crippen LogP contribution in [0.5, 0.6) is 0 Å². The molecule has 5 heteroatoms. The van der Waals surface area contributed by atoms with Crippen molar-refractivity contribution in [2.24, 2.45) is 0 Å². The predicted octanol–water partition coefficient (Wildman–Crippen LogP) is 1.86. The van der Waals surface area contributed by atoms with Crippen LogP contribution in [0.4, 0.5) is 0 Å². The Hall–Kier alpha value is -2.95. The minimum absolute atomic E-state index is 0.394. The van der Waals surface area contributed by atoms with Gasteiger partial charge in [0.25, 0.3) is 11.8 Å². The fourth-order valence-electron chi connectivity index (χ4n) is 1.58. The minimum Gasteiger partial charge on any atom is -0.268 e. The highest BCUT2D eigenvalue weighted by atomic mass is 16.2. The lowest BCUT2D eigenvalue weighted by Crippen LogP contribution is -2.40. The van der Waals surface area contributed by atoms with Crippen molar-refractivity contribution < 1.29 is 9.59 Å². The molecular formula is C16H15N3O2. The average molecular weight is 281 g/mol. The lowest BCUT2D eigenvalue weighted by molar-refractivity contribution is -0.117. The molecule has 2 N–H and O–H groups in total. The van der Waals surface area contributed by atoms with Gasteiger partial charge in [0.1, 0.15) is 0 Å². The Labute approximate surface area is 122 Å². The van der Waals surface area contributed by atoms with E-state index in [4.69, 9.17) is 0 Å². The standard InChI is InChI=1S/C16H15N3O2/c1-12-2-4-13(5-3-12)6-7-15(20)18-19-16(21)14-8-10-17-11-9-14/h2-11H,1H3,(H,18,20)(H,19,21)/b7-6+. The number of nitrogens with one attached hydrogen (secondary N) is 2. The second-order valence-electron chi connectivity index (χ2n) is 4.42. The number of benzene rings is 1. The van der Waals surface area contributed by atoms with Gasteiger partial charge in [0, 0.05) is 24.0 Å². The maximum Gasteiger partial charge on any atom is 0.269 e. The van der Waals surface area contributed by atoms with Crippen LogP contribution in [0.2, 0.25) is 0 Å². The molecule has 0 bridgehead atoms. The van der Waals surface area contributed by atoms with Crippen LogP contribution in [0.25, 0.3) is 6.08 Å². The van der Waals surface area contributed by atoms with E-state index < -0.39 is 11.8 Å². The highest BCUT2D eigenvalue weighted by Gasteiger charge is 2.04. The number of pyridine rings is 1. The fraction of sp³-hybridized carbons (Fsp3) is 0.0625. The average Bonchev–Trinajstić information content (AvgIpc) is 2.53. The van der Waals surface area contributed by atoms with Gasteiger partial charge in [-0.05, 0) is 30.7 Å². The molecule has 106 valence electrons. The number of carbonyl (C=O) groups excluding carboxylic acids is 2. The summed E-state index contributed by atoms with van der Waals surface area (Å²) in [5, 5.41) is 0. The monoisotopic (exact) mass is 281 g/mol. The zero-order valence-corrected chi connectivity index (χ0v) is 11.5.